The average molecular weight is 267 g/mol. The van der Waals surface area contributed by atoms with Gasteiger partial charge in [0.25, 0.3) is 0 Å². The van der Waals surface area contributed by atoms with E-state index in [1.54, 1.807) is 18.2 Å². The van der Waals surface area contributed by atoms with Crippen LogP contribution in [0.25, 0.3) is 11.1 Å². The van der Waals surface area contributed by atoms with Crippen LogP contribution in [0.15, 0.2) is 47.6 Å². The van der Waals surface area contributed by atoms with Crippen LogP contribution in [-0.4, -0.2) is 0 Å². The number of rotatable bonds is 3. The molecule has 20 heavy (non-hydrogen) atoms. The van der Waals surface area contributed by atoms with E-state index in [4.69, 9.17) is 11.0 Å². The van der Waals surface area contributed by atoms with Crippen LogP contribution in [0, 0.1) is 16.2 Å². The van der Waals surface area contributed by atoms with Gasteiger partial charge in [0.1, 0.15) is 6.54 Å². The van der Waals surface area contributed by atoms with Crippen molar-refractivity contribution in [2.24, 2.45) is 5.18 Å². The quantitative estimate of drug-likeness (QED) is 0.671. The SMILES string of the molecule is CC.N#Cc1ccc(N)c(-c2ccc(CN=O)cc2)c1. The van der Waals surface area contributed by atoms with Crippen molar-refractivity contribution in [2.75, 3.05) is 5.73 Å². The highest BCUT2D eigenvalue weighted by Crippen LogP contribution is 2.27. The monoisotopic (exact) mass is 267 g/mol. The minimum Gasteiger partial charge on any atom is -0.398 e. The first-order valence-electron chi connectivity index (χ1n) is 6.42. The molecule has 0 bridgehead atoms. The first-order valence-corrected chi connectivity index (χ1v) is 6.42. The molecule has 0 fully saturated rings. The Balaban J connectivity index is 0.000000956. The van der Waals surface area contributed by atoms with Crippen molar-refractivity contribution in [3.8, 4) is 17.2 Å². The van der Waals surface area contributed by atoms with Gasteiger partial charge in [0.15, 0.2) is 0 Å². The number of hydrogen-bond donors (Lipinski definition) is 1. The Morgan fingerprint density at radius 1 is 1.15 bits per heavy atom. The van der Waals surface area contributed by atoms with Crippen LogP contribution in [0.3, 0.4) is 0 Å². The maximum Gasteiger partial charge on any atom is 0.106 e. The summed E-state index contributed by atoms with van der Waals surface area (Å²) >= 11 is 0. The predicted molar refractivity (Wildman–Crippen MR) is 81.9 cm³/mol. The highest BCUT2D eigenvalue weighted by Gasteiger charge is 2.04. The predicted octanol–water partition coefficient (Wildman–Crippen LogP) is 4.10. The lowest BCUT2D eigenvalue weighted by molar-refractivity contribution is 1.06. The van der Waals surface area contributed by atoms with Gasteiger partial charge in [-0.25, -0.2) is 0 Å². The first-order chi connectivity index (χ1) is 9.74. The summed E-state index contributed by atoms with van der Waals surface area (Å²) in [4.78, 5) is 10.2. The molecule has 0 amide bonds. The van der Waals surface area contributed by atoms with E-state index in [1.807, 2.05) is 38.1 Å². The lowest BCUT2D eigenvalue weighted by Gasteiger charge is -2.06. The van der Waals surface area contributed by atoms with Gasteiger partial charge in [0.05, 0.1) is 11.6 Å². The summed E-state index contributed by atoms with van der Waals surface area (Å²) in [6, 6.07) is 14.6. The molecule has 0 radical (unpaired) electrons. The number of nitrogen functional groups attached to an aromatic ring is 1. The number of anilines is 1. The molecule has 2 aromatic rings. The number of benzene rings is 2. The van der Waals surface area contributed by atoms with E-state index in [-0.39, 0.29) is 6.54 Å². The fourth-order valence-electron chi connectivity index (χ4n) is 1.74. The Kier molecular flexibility index (Phi) is 5.92. The van der Waals surface area contributed by atoms with Gasteiger partial charge in [-0.2, -0.15) is 10.2 Å². The molecule has 2 aromatic carbocycles. The second kappa shape index (κ2) is 7.70. The molecule has 2 N–H and O–H groups in total. The van der Waals surface area contributed by atoms with E-state index in [9.17, 15) is 4.91 Å². The molecule has 0 aliphatic rings. The van der Waals surface area contributed by atoms with E-state index in [0.717, 1.165) is 16.7 Å². The summed E-state index contributed by atoms with van der Waals surface area (Å²) in [5.41, 5.74) is 9.67. The number of nitrogens with zero attached hydrogens (tertiary/aromatic N) is 2. The first kappa shape index (κ1) is 15.4. The normalized spacial score (nSPS) is 9.05. The molecule has 0 unspecified atom stereocenters. The highest BCUT2D eigenvalue weighted by molar-refractivity contribution is 5.77. The highest BCUT2D eigenvalue weighted by atomic mass is 16.3. The van der Waals surface area contributed by atoms with Gasteiger partial charge in [0.2, 0.25) is 0 Å². The van der Waals surface area contributed by atoms with Crippen LogP contribution in [0.2, 0.25) is 0 Å². The van der Waals surface area contributed by atoms with E-state index in [1.165, 1.54) is 0 Å². The maximum atomic E-state index is 10.2. The minimum atomic E-state index is 0.161. The van der Waals surface area contributed by atoms with E-state index in [0.29, 0.717) is 11.3 Å². The van der Waals surface area contributed by atoms with Crippen molar-refractivity contribution in [3.05, 3.63) is 58.5 Å². The minimum absolute atomic E-state index is 0.161. The number of nitriles is 1. The van der Waals surface area contributed by atoms with Gasteiger partial charge < -0.3 is 5.73 Å². The second-order valence-corrected chi connectivity index (χ2v) is 3.90. The molecule has 0 saturated heterocycles. The third-order valence-electron chi connectivity index (χ3n) is 2.69. The molecule has 102 valence electrons. The number of nitrogens with two attached hydrogens (primary N) is 1. The molecule has 0 aliphatic heterocycles. The summed E-state index contributed by atoms with van der Waals surface area (Å²) in [6.45, 7) is 4.16. The molecule has 0 saturated carbocycles. The summed E-state index contributed by atoms with van der Waals surface area (Å²) in [7, 11) is 0. The molecule has 0 spiro atoms. The van der Waals surface area contributed by atoms with E-state index in [2.05, 4.69) is 11.2 Å². The van der Waals surface area contributed by atoms with Gasteiger partial charge in [0, 0.05) is 11.3 Å². The van der Waals surface area contributed by atoms with Crippen LogP contribution in [0.4, 0.5) is 5.69 Å². The Hall–Kier alpha value is -2.67. The van der Waals surface area contributed by atoms with Crippen molar-refractivity contribution in [3.63, 3.8) is 0 Å². The van der Waals surface area contributed by atoms with Gasteiger partial charge in [-0.15, -0.1) is 0 Å². The van der Waals surface area contributed by atoms with Crippen molar-refractivity contribution in [1.29, 1.82) is 5.26 Å². The molecular weight excluding hydrogens is 250 g/mol. The summed E-state index contributed by atoms with van der Waals surface area (Å²) in [5, 5.41) is 11.7. The standard InChI is InChI=1S/C14H11N3O.C2H6/c15-8-11-3-6-14(16)13(7-11)12-4-1-10(2-5-12)9-17-18;1-2/h1-7H,9,16H2;1-2H3. The van der Waals surface area contributed by atoms with Gasteiger partial charge in [-0.3, -0.25) is 0 Å². The zero-order chi connectivity index (χ0) is 15.0. The molecule has 4 heteroatoms. The smallest absolute Gasteiger partial charge is 0.106 e. The lowest BCUT2D eigenvalue weighted by atomic mass is 10.0. The van der Waals surface area contributed by atoms with Crippen LogP contribution in [0.5, 0.6) is 0 Å². The number of hydrogen-bond acceptors (Lipinski definition) is 4. The van der Waals surface area contributed by atoms with Crippen LogP contribution >= 0.6 is 0 Å². The molecule has 0 atom stereocenters. The Bertz CT molecular complexity index is 613. The largest absolute Gasteiger partial charge is 0.398 e. The summed E-state index contributed by atoms with van der Waals surface area (Å²) in [5.74, 6) is 0. The molecule has 2 rings (SSSR count). The fourth-order valence-corrected chi connectivity index (χ4v) is 1.74. The van der Waals surface area contributed by atoms with Gasteiger partial charge >= 0.3 is 0 Å². The van der Waals surface area contributed by atoms with Gasteiger partial charge in [-0.05, 0) is 29.3 Å². The maximum absolute atomic E-state index is 10.2. The van der Waals surface area contributed by atoms with Crippen LogP contribution in [0.1, 0.15) is 25.0 Å². The van der Waals surface area contributed by atoms with Gasteiger partial charge in [-0.1, -0.05) is 43.3 Å². The average Bonchev–Trinajstić information content (AvgIpc) is 2.51. The molecule has 0 aromatic heterocycles. The summed E-state index contributed by atoms with van der Waals surface area (Å²) < 4.78 is 0. The molecule has 4 nitrogen and oxygen atoms in total. The van der Waals surface area contributed by atoms with Crippen molar-refractivity contribution in [1.82, 2.24) is 0 Å². The second-order valence-electron chi connectivity index (χ2n) is 3.90. The van der Waals surface area contributed by atoms with Crippen LogP contribution < -0.4 is 5.73 Å². The third kappa shape index (κ3) is 3.66. The Labute approximate surface area is 118 Å². The zero-order valence-corrected chi connectivity index (χ0v) is 11.6. The van der Waals surface area contributed by atoms with E-state index >= 15 is 0 Å². The Morgan fingerprint density at radius 3 is 2.35 bits per heavy atom. The third-order valence-corrected chi connectivity index (χ3v) is 2.69. The van der Waals surface area contributed by atoms with Crippen LogP contribution in [-0.2, 0) is 6.54 Å². The zero-order valence-electron chi connectivity index (χ0n) is 11.6. The molecule has 0 aliphatic carbocycles. The number of nitroso groups, excluding NO2 is 1. The van der Waals surface area contributed by atoms with Crippen molar-refractivity contribution in [2.45, 2.75) is 20.4 Å². The topological polar surface area (TPSA) is 79.2 Å². The lowest BCUT2D eigenvalue weighted by Crippen LogP contribution is -1.91. The molecular formula is C16H17N3O. The fraction of sp³-hybridized carbons (Fsp3) is 0.188. The van der Waals surface area contributed by atoms with E-state index < -0.39 is 0 Å². The molecule has 0 heterocycles. The Morgan fingerprint density at radius 2 is 1.80 bits per heavy atom. The van der Waals surface area contributed by atoms with Crippen molar-refractivity contribution >= 4 is 5.69 Å². The summed E-state index contributed by atoms with van der Waals surface area (Å²) in [6.07, 6.45) is 0. The van der Waals surface area contributed by atoms with Crippen molar-refractivity contribution < 1.29 is 0 Å².